The van der Waals surface area contributed by atoms with Crippen LogP contribution in [-0.4, -0.2) is 78.5 Å². The van der Waals surface area contributed by atoms with E-state index in [4.69, 9.17) is 4.42 Å². The number of carbonyl (C=O) groups excluding carboxylic acids is 1. The zero-order valence-corrected chi connectivity index (χ0v) is 22.0. The van der Waals surface area contributed by atoms with Gasteiger partial charge in [-0.1, -0.05) is 23.4 Å². The third-order valence-corrected chi connectivity index (χ3v) is 8.45. The zero-order chi connectivity index (χ0) is 26.1. The Kier molecular flexibility index (Phi) is 7.08. The van der Waals surface area contributed by atoms with Crippen molar-refractivity contribution in [2.75, 3.05) is 52.9 Å². The Morgan fingerprint density at radius 1 is 1.03 bits per heavy atom. The first-order valence-corrected chi connectivity index (χ1v) is 13.8. The topological polar surface area (TPSA) is 82.2 Å². The highest BCUT2D eigenvalue weighted by Crippen LogP contribution is 2.42. The van der Waals surface area contributed by atoms with Crippen molar-refractivity contribution in [3.63, 3.8) is 0 Å². The molecule has 8 nitrogen and oxygen atoms in total. The van der Waals surface area contributed by atoms with E-state index in [2.05, 4.69) is 45.2 Å². The fourth-order valence-electron chi connectivity index (χ4n) is 6.15. The zero-order valence-electron chi connectivity index (χ0n) is 22.0. The molecule has 3 aliphatic rings. The lowest BCUT2D eigenvalue weighted by Crippen LogP contribution is -2.50. The molecule has 4 heterocycles. The standard InChI is InChI=1S/C30H35N5O3/c1-33-13-15-34(16-14-33)20-29(36)35-12-2-3-24(19-35)28-18-26(30(38-28)21-8-10-31-11-9-21)23-4-6-25-22(17-23)5-7-27(25)32-37/h4,6,8-11,17-18,24,27H,2-3,5,7,12-16,19-20H2,1H3. The van der Waals surface area contributed by atoms with E-state index in [1.165, 1.54) is 5.56 Å². The van der Waals surface area contributed by atoms with Gasteiger partial charge in [-0.3, -0.25) is 14.7 Å². The average Bonchev–Trinajstić information content (AvgIpc) is 3.59. The predicted molar refractivity (Wildman–Crippen MR) is 147 cm³/mol. The summed E-state index contributed by atoms with van der Waals surface area (Å²) < 4.78 is 6.60. The molecule has 2 saturated heterocycles. The predicted octanol–water partition coefficient (Wildman–Crippen LogP) is 4.72. The second-order valence-electron chi connectivity index (χ2n) is 11.0. The Morgan fingerprint density at radius 3 is 2.63 bits per heavy atom. The summed E-state index contributed by atoms with van der Waals surface area (Å²) in [5.41, 5.74) is 5.33. The van der Waals surface area contributed by atoms with Crippen LogP contribution in [0, 0.1) is 4.91 Å². The Labute approximate surface area is 223 Å². The first kappa shape index (κ1) is 24.9. The van der Waals surface area contributed by atoms with Gasteiger partial charge in [0.25, 0.3) is 0 Å². The average molecular weight is 514 g/mol. The van der Waals surface area contributed by atoms with Gasteiger partial charge in [0.05, 0.1) is 6.54 Å². The van der Waals surface area contributed by atoms with Gasteiger partial charge in [-0.05, 0) is 67.6 Å². The van der Waals surface area contributed by atoms with E-state index in [-0.39, 0.29) is 17.9 Å². The summed E-state index contributed by atoms with van der Waals surface area (Å²) >= 11 is 0. The number of piperidine rings is 1. The van der Waals surface area contributed by atoms with Crippen molar-refractivity contribution in [2.45, 2.75) is 37.6 Å². The van der Waals surface area contributed by atoms with Crippen LogP contribution in [0.4, 0.5) is 0 Å². The van der Waals surface area contributed by atoms with Crippen molar-refractivity contribution in [1.29, 1.82) is 0 Å². The smallest absolute Gasteiger partial charge is 0.236 e. The lowest BCUT2D eigenvalue weighted by molar-refractivity contribution is -0.134. The molecule has 2 unspecified atom stereocenters. The SMILES string of the molecule is CN1CCN(CC(=O)N2CCCC(c3cc(-c4ccc5c(c4)CCC5N=O)c(-c4ccncc4)o3)C2)CC1. The summed E-state index contributed by atoms with van der Waals surface area (Å²) in [7, 11) is 2.13. The molecule has 38 heavy (non-hydrogen) atoms. The van der Waals surface area contributed by atoms with Crippen molar-refractivity contribution in [3.8, 4) is 22.5 Å². The number of likely N-dealkylation sites (tertiary alicyclic amines) is 1. The molecule has 1 aliphatic carbocycles. The number of pyridine rings is 1. The lowest BCUT2D eigenvalue weighted by Gasteiger charge is -2.36. The second kappa shape index (κ2) is 10.8. The van der Waals surface area contributed by atoms with Gasteiger partial charge in [-0.15, -0.1) is 0 Å². The lowest BCUT2D eigenvalue weighted by atomic mass is 9.93. The molecule has 6 rings (SSSR count). The van der Waals surface area contributed by atoms with Gasteiger partial charge in [0, 0.05) is 68.7 Å². The first-order chi connectivity index (χ1) is 18.6. The van der Waals surface area contributed by atoms with Crippen molar-refractivity contribution in [2.24, 2.45) is 5.18 Å². The number of hydrogen-bond acceptors (Lipinski definition) is 7. The maximum absolute atomic E-state index is 13.2. The second-order valence-corrected chi connectivity index (χ2v) is 11.0. The molecule has 0 spiro atoms. The number of benzene rings is 1. The maximum atomic E-state index is 13.2. The van der Waals surface area contributed by atoms with Crippen LogP contribution in [0.25, 0.3) is 22.5 Å². The summed E-state index contributed by atoms with van der Waals surface area (Å²) in [6.07, 6.45) is 7.17. The molecular formula is C30H35N5O3. The van der Waals surface area contributed by atoms with E-state index in [0.717, 1.165) is 92.2 Å². The van der Waals surface area contributed by atoms with Crippen LogP contribution in [0.2, 0.25) is 0 Å². The number of carbonyl (C=O) groups is 1. The molecule has 8 heteroatoms. The third kappa shape index (κ3) is 5.02. The van der Waals surface area contributed by atoms with Crippen LogP contribution in [0.15, 0.2) is 58.4 Å². The molecule has 1 amide bonds. The van der Waals surface area contributed by atoms with E-state index in [9.17, 15) is 9.70 Å². The Hall–Kier alpha value is -3.36. The van der Waals surface area contributed by atoms with E-state index in [1.54, 1.807) is 12.4 Å². The molecule has 0 bridgehead atoms. The fraction of sp³-hybridized carbons (Fsp3) is 0.467. The molecular weight excluding hydrogens is 478 g/mol. The van der Waals surface area contributed by atoms with E-state index < -0.39 is 0 Å². The van der Waals surface area contributed by atoms with Gasteiger partial charge in [-0.2, -0.15) is 4.91 Å². The number of aryl methyl sites for hydroxylation is 1. The normalized spacial score (nSPS) is 22.4. The number of nitrogens with zero attached hydrogens (tertiary/aromatic N) is 5. The van der Waals surface area contributed by atoms with Gasteiger partial charge in [-0.25, -0.2) is 0 Å². The highest BCUT2D eigenvalue weighted by Gasteiger charge is 2.30. The van der Waals surface area contributed by atoms with Gasteiger partial charge in [0.15, 0.2) is 0 Å². The molecule has 2 aromatic heterocycles. The molecule has 2 atom stereocenters. The van der Waals surface area contributed by atoms with Gasteiger partial charge < -0.3 is 14.2 Å². The number of amides is 1. The number of nitroso groups, excluding NO2 is 1. The molecule has 2 aliphatic heterocycles. The summed E-state index contributed by atoms with van der Waals surface area (Å²) in [4.78, 5) is 35.2. The quantitative estimate of drug-likeness (QED) is 0.444. The maximum Gasteiger partial charge on any atom is 0.236 e. The summed E-state index contributed by atoms with van der Waals surface area (Å²) in [6, 6.07) is 12.2. The van der Waals surface area contributed by atoms with Gasteiger partial charge >= 0.3 is 0 Å². The molecule has 3 aromatic rings. The van der Waals surface area contributed by atoms with Gasteiger partial charge in [0.2, 0.25) is 5.91 Å². The minimum Gasteiger partial charge on any atom is -0.460 e. The summed E-state index contributed by atoms with van der Waals surface area (Å²) in [5, 5.41) is 3.31. The number of furan rings is 1. The molecule has 1 aromatic carbocycles. The van der Waals surface area contributed by atoms with Crippen LogP contribution in [0.3, 0.4) is 0 Å². The fourth-order valence-corrected chi connectivity index (χ4v) is 6.15. The number of likely N-dealkylation sites (N-methyl/N-ethyl adjacent to an activating group) is 1. The molecule has 0 radical (unpaired) electrons. The van der Waals surface area contributed by atoms with Crippen LogP contribution in [0.1, 0.15) is 48.1 Å². The number of piperazine rings is 1. The molecule has 0 N–H and O–H groups in total. The number of fused-ring (bicyclic) bond motifs is 1. The highest BCUT2D eigenvalue weighted by molar-refractivity contribution is 5.81. The van der Waals surface area contributed by atoms with E-state index in [1.807, 2.05) is 23.1 Å². The number of hydrogen-bond donors (Lipinski definition) is 0. The first-order valence-electron chi connectivity index (χ1n) is 13.8. The van der Waals surface area contributed by atoms with E-state index >= 15 is 0 Å². The van der Waals surface area contributed by atoms with Crippen LogP contribution >= 0.6 is 0 Å². The van der Waals surface area contributed by atoms with Crippen LogP contribution in [-0.2, 0) is 11.2 Å². The Bertz CT molecular complexity index is 1300. The monoisotopic (exact) mass is 513 g/mol. The van der Waals surface area contributed by atoms with Crippen molar-refractivity contribution < 1.29 is 9.21 Å². The van der Waals surface area contributed by atoms with Crippen molar-refractivity contribution in [1.82, 2.24) is 19.7 Å². The van der Waals surface area contributed by atoms with Crippen LogP contribution in [0.5, 0.6) is 0 Å². The molecule has 2 fully saturated rings. The minimum absolute atomic E-state index is 0.160. The largest absolute Gasteiger partial charge is 0.460 e. The van der Waals surface area contributed by atoms with Crippen molar-refractivity contribution >= 4 is 5.91 Å². The van der Waals surface area contributed by atoms with Crippen LogP contribution < -0.4 is 0 Å². The third-order valence-electron chi connectivity index (χ3n) is 8.45. The van der Waals surface area contributed by atoms with Crippen molar-refractivity contribution in [3.05, 3.63) is 70.6 Å². The summed E-state index contributed by atoms with van der Waals surface area (Å²) in [5.74, 6) is 2.13. The highest BCUT2D eigenvalue weighted by atomic mass is 16.3. The number of rotatable bonds is 6. The van der Waals surface area contributed by atoms with E-state index in [0.29, 0.717) is 13.1 Å². The number of aromatic nitrogens is 1. The summed E-state index contributed by atoms with van der Waals surface area (Å²) in [6.45, 7) is 5.91. The molecule has 198 valence electrons. The molecule has 0 saturated carbocycles. The minimum atomic E-state index is -0.241. The Balaban J connectivity index is 1.26. The van der Waals surface area contributed by atoms with Gasteiger partial charge in [0.1, 0.15) is 17.6 Å². The Morgan fingerprint density at radius 2 is 1.84 bits per heavy atom.